The molecule has 0 aliphatic carbocycles. The van der Waals surface area contributed by atoms with Crippen LogP contribution in [-0.2, 0) is 28.6 Å². The molecule has 0 aliphatic rings. The summed E-state index contributed by atoms with van der Waals surface area (Å²) >= 11 is 0. The van der Waals surface area contributed by atoms with Crippen LogP contribution in [0.5, 0.6) is 0 Å². The van der Waals surface area contributed by atoms with E-state index in [0.29, 0.717) is 19.3 Å². The van der Waals surface area contributed by atoms with Gasteiger partial charge in [-0.3, -0.25) is 14.4 Å². The summed E-state index contributed by atoms with van der Waals surface area (Å²) in [6, 6.07) is 0. The summed E-state index contributed by atoms with van der Waals surface area (Å²) in [4.78, 5) is 38.2. The summed E-state index contributed by atoms with van der Waals surface area (Å²) in [5.74, 6) is -0.854. The lowest BCUT2D eigenvalue weighted by molar-refractivity contribution is -0.167. The molecule has 0 aromatic rings. The Hall–Kier alpha value is -2.37. The molecule has 0 aliphatic heterocycles. The molecule has 0 bridgehead atoms. The molecule has 0 N–H and O–H groups in total. The van der Waals surface area contributed by atoms with E-state index in [0.717, 1.165) is 70.6 Å². The molecular formula is C69H128O6. The monoisotopic (exact) mass is 1050 g/mol. The first-order valence-electron chi connectivity index (χ1n) is 33.5. The van der Waals surface area contributed by atoms with Gasteiger partial charge in [-0.25, -0.2) is 0 Å². The Morgan fingerprint density at radius 3 is 0.773 bits per heavy atom. The van der Waals surface area contributed by atoms with Crippen molar-refractivity contribution in [1.29, 1.82) is 0 Å². The quantitative estimate of drug-likeness (QED) is 0.0261. The van der Waals surface area contributed by atoms with E-state index in [1.54, 1.807) is 0 Å². The SMILES string of the molecule is CCCCC/C=C\CCCCCCCC(=O)OCC(COC(=O)CCCCCCCCCCCCCCCCCCCCC/C=C\C/C=C\CCCCCCC)OC(=O)CCCCCCCCCCCCCCCC. The zero-order chi connectivity index (χ0) is 54.3. The molecule has 6 heteroatoms. The van der Waals surface area contributed by atoms with Crippen LogP contribution in [0.4, 0.5) is 0 Å². The molecule has 0 spiro atoms. The van der Waals surface area contributed by atoms with Crippen LogP contribution in [0.1, 0.15) is 367 Å². The van der Waals surface area contributed by atoms with Gasteiger partial charge in [0, 0.05) is 19.3 Å². The Morgan fingerprint density at radius 1 is 0.267 bits per heavy atom. The molecular weight excluding hydrogens is 925 g/mol. The normalized spacial score (nSPS) is 12.2. The minimum absolute atomic E-state index is 0.0690. The highest BCUT2D eigenvalue weighted by Gasteiger charge is 2.19. The fourth-order valence-corrected chi connectivity index (χ4v) is 10.1. The molecule has 0 saturated heterocycles. The summed E-state index contributed by atoms with van der Waals surface area (Å²) < 4.78 is 16.9. The van der Waals surface area contributed by atoms with Crippen LogP contribution >= 0.6 is 0 Å². The Kier molecular flexibility index (Phi) is 62.1. The van der Waals surface area contributed by atoms with E-state index >= 15 is 0 Å². The van der Waals surface area contributed by atoms with Crippen molar-refractivity contribution in [2.24, 2.45) is 0 Å². The van der Waals surface area contributed by atoms with Gasteiger partial charge in [0.15, 0.2) is 6.10 Å². The Bertz CT molecular complexity index is 1250. The van der Waals surface area contributed by atoms with E-state index in [1.807, 2.05) is 0 Å². The lowest BCUT2D eigenvalue weighted by atomic mass is 10.0. The number of unbranched alkanes of at least 4 members (excludes halogenated alkanes) is 45. The second-order valence-corrected chi connectivity index (χ2v) is 22.7. The highest BCUT2D eigenvalue weighted by Crippen LogP contribution is 2.18. The van der Waals surface area contributed by atoms with E-state index in [9.17, 15) is 14.4 Å². The van der Waals surface area contributed by atoms with Gasteiger partial charge < -0.3 is 14.2 Å². The fraction of sp³-hybridized carbons (Fsp3) is 0.870. The Balaban J connectivity index is 4.09. The van der Waals surface area contributed by atoms with Crippen molar-refractivity contribution in [2.75, 3.05) is 13.2 Å². The summed E-state index contributed by atoms with van der Waals surface area (Å²) in [5.41, 5.74) is 0. The molecule has 0 radical (unpaired) electrons. The van der Waals surface area contributed by atoms with Crippen LogP contribution in [0.2, 0.25) is 0 Å². The first kappa shape index (κ1) is 72.6. The van der Waals surface area contributed by atoms with Crippen molar-refractivity contribution in [3.8, 4) is 0 Å². The largest absolute Gasteiger partial charge is 0.462 e. The summed E-state index contributed by atoms with van der Waals surface area (Å²) in [6.07, 6.45) is 78.9. The van der Waals surface area contributed by atoms with Crippen LogP contribution in [0.15, 0.2) is 36.5 Å². The smallest absolute Gasteiger partial charge is 0.306 e. The molecule has 0 fully saturated rings. The molecule has 0 aromatic carbocycles. The average molecular weight is 1050 g/mol. The van der Waals surface area contributed by atoms with Crippen molar-refractivity contribution in [2.45, 2.75) is 374 Å². The maximum Gasteiger partial charge on any atom is 0.306 e. The van der Waals surface area contributed by atoms with E-state index in [4.69, 9.17) is 14.2 Å². The van der Waals surface area contributed by atoms with Gasteiger partial charge in [-0.2, -0.15) is 0 Å². The Morgan fingerprint density at radius 2 is 0.480 bits per heavy atom. The van der Waals surface area contributed by atoms with Crippen molar-refractivity contribution in [3.63, 3.8) is 0 Å². The Labute approximate surface area is 467 Å². The highest BCUT2D eigenvalue weighted by molar-refractivity contribution is 5.71. The molecule has 0 saturated carbocycles. The summed E-state index contributed by atoms with van der Waals surface area (Å²) in [6.45, 7) is 6.65. The summed E-state index contributed by atoms with van der Waals surface area (Å²) in [5, 5.41) is 0. The van der Waals surface area contributed by atoms with Gasteiger partial charge >= 0.3 is 17.9 Å². The third-order valence-electron chi connectivity index (χ3n) is 15.1. The number of hydrogen-bond donors (Lipinski definition) is 0. The number of carbonyl (C=O) groups excluding carboxylic acids is 3. The second kappa shape index (κ2) is 64.2. The number of ether oxygens (including phenoxy) is 3. The van der Waals surface area contributed by atoms with E-state index in [2.05, 4.69) is 57.2 Å². The lowest BCUT2D eigenvalue weighted by Crippen LogP contribution is -2.30. The maximum absolute atomic E-state index is 12.9. The summed E-state index contributed by atoms with van der Waals surface area (Å²) in [7, 11) is 0. The lowest BCUT2D eigenvalue weighted by Gasteiger charge is -2.18. The van der Waals surface area contributed by atoms with Crippen molar-refractivity contribution in [3.05, 3.63) is 36.5 Å². The molecule has 440 valence electrons. The second-order valence-electron chi connectivity index (χ2n) is 22.7. The minimum atomic E-state index is -0.771. The number of rotatable bonds is 62. The van der Waals surface area contributed by atoms with Crippen LogP contribution in [0, 0.1) is 0 Å². The zero-order valence-corrected chi connectivity index (χ0v) is 50.6. The van der Waals surface area contributed by atoms with Crippen LogP contribution in [-0.4, -0.2) is 37.2 Å². The fourth-order valence-electron chi connectivity index (χ4n) is 10.1. The van der Waals surface area contributed by atoms with Gasteiger partial charge in [-0.05, 0) is 77.0 Å². The average Bonchev–Trinajstić information content (AvgIpc) is 3.41. The molecule has 0 rings (SSSR count). The third kappa shape index (κ3) is 62.4. The van der Waals surface area contributed by atoms with Gasteiger partial charge in [-0.15, -0.1) is 0 Å². The maximum atomic E-state index is 12.9. The van der Waals surface area contributed by atoms with Crippen LogP contribution in [0.25, 0.3) is 0 Å². The molecule has 0 aromatic heterocycles. The minimum Gasteiger partial charge on any atom is -0.462 e. The molecule has 1 unspecified atom stereocenters. The molecule has 75 heavy (non-hydrogen) atoms. The zero-order valence-electron chi connectivity index (χ0n) is 50.6. The number of esters is 3. The first-order chi connectivity index (χ1) is 37.0. The third-order valence-corrected chi connectivity index (χ3v) is 15.1. The predicted octanol–water partition coefficient (Wildman–Crippen LogP) is 22.8. The number of carbonyl (C=O) groups is 3. The van der Waals surface area contributed by atoms with Crippen LogP contribution in [0.3, 0.4) is 0 Å². The van der Waals surface area contributed by atoms with Gasteiger partial charge in [-0.1, -0.05) is 308 Å². The van der Waals surface area contributed by atoms with Crippen LogP contribution < -0.4 is 0 Å². The van der Waals surface area contributed by atoms with E-state index in [1.165, 1.54) is 257 Å². The topological polar surface area (TPSA) is 78.9 Å². The van der Waals surface area contributed by atoms with Crippen molar-refractivity contribution < 1.29 is 28.6 Å². The van der Waals surface area contributed by atoms with Crippen molar-refractivity contribution >= 4 is 17.9 Å². The highest BCUT2D eigenvalue weighted by atomic mass is 16.6. The van der Waals surface area contributed by atoms with E-state index < -0.39 is 6.10 Å². The molecule has 1 atom stereocenters. The number of allylic oxidation sites excluding steroid dienone is 6. The van der Waals surface area contributed by atoms with E-state index in [-0.39, 0.29) is 31.1 Å². The molecule has 0 amide bonds. The number of hydrogen-bond acceptors (Lipinski definition) is 6. The van der Waals surface area contributed by atoms with Gasteiger partial charge in [0.05, 0.1) is 0 Å². The van der Waals surface area contributed by atoms with Gasteiger partial charge in [0.1, 0.15) is 13.2 Å². The van der Waals surface area contributed by atoms with Crippen molar-refractivity contribution in [1.82, 2.24) is 0 Å². The van der Waals surface area contributed by atoms with Gasteiger partial charge in [0.2, 0.25) is 0 Å². The van der Waals surface area contributed by atoms with Gasteiger partial charge in [0.25, 0.3) is 0 Å². The molecule has 6 nitrogen and oxygen atoms in total. The first-order valence-corrected chi connectivity index (χ1v) is 33.5. The predicted molar refractivity (Wildman–Crippen MR) is 326 cm³/mol. The standard InChI is InChI=1S/C69H128O6/c1-4-7-10-13-16-19-22-25-27-28-29-30-31-32-33-34-35-36-37-38-39-40-41-42-43-45-47-50-53-56-59-62-68(71)74-65-66(64-73-67(70)61-58-55-52-49-46-24-21-18-15-12-9-6-3)75-69(72)63-60-57-54-51-48-44-26-23-20-17-14-11-8-5-2/h18,21-22,25,28-29,66H,4-17,19-20,23-24,26-27,30-65H2,1-3H3/b21-18-,25-22-,29-28-. The molecule has 0 heterocycles.